The van der Waals surface area contributed by atoms with Gasteiger partial charge in [-0.05, 0) is 37.6 Å². The Morgan fingerprint density at radius 3 is 2.59 bits per heavy atom. The van der Waals surface area contributed by atoms with Gasteiger partial charge in [0.1, 0.15) is 18.1 Å². The molecule has 0 amide bonds. The molecule has 0 atom stereocenters. The average molecular weight is 319 g/mol. The molecule has 22 heavy (non-hydrogen) atoms. The van der Waals surface area contributed by atoms with Crippen LogP contribution in [0, 0.1) is 13.8 Å². The summed E-state index contributed by atoms with van der Waals surface area (Å²) < 4.78 is 11.1. The van der Waals surface area contributed by atoms with Crippen LogP contribution in [0.4, 0.5) is 0 Å². The van der Waals surface area contributed by atoms with E-state index in [0.29, 0.717) is 22.8 Å². The van der Waals surface area contributed by atoms with Crippen molar-refractivity contribution in [3.8, 4) is 11.5 Å². The van der Waals surface area contributed by atoms with Crippen molar-refractivity contribution in [2.75, 3.05) is 0 Å². The van der Waals surface area contributed by atoms with Crippen LogP contribution in [0.25, 0.3) is 0 Å². The van der Waals surface area contributed by atoms with Crippen LogP contribution in [0.15, 0.2) is 36.4 Å². The van der Waals surface area contributed by atoms with Crippen LogP contribution in [0.2, 0.25) is 5.02 Å². The molecule has 0 aliphatic rings. The van der Waals surface area contributed by atoms with Crippen molar-refractivity contribution >= 4 is 17.6 Å². The lowest BCUT2D eigenvalue weighted by Gasteiger charge is -2.14. The van der Waals surface area contributed by atoms with Crippen molar-refractivity contribution in [1.29, 1.82) is 0 Å². The van der Waals surface area contributed by atoms with E-state index < -0.39 is 0 Å². The molecule has 0 aliphatic heterocycles. The van der Waals surface area contributed by atoms with Gasteiger partial charge in [-0.3, -0.25) is 4.79 Å². The Bertz CT molecular complexity index is 680. The lowest BCUT2D eigenvalue weighted by Crippen LogP contribution is -2.09. The molecule has 0 saturated carbocycles. The van der Waals surface area contributed by atoms with Gasteiger partial charge in [0.25, 0.3) is 0 Å². The van der Waals surface area contributed by atoms with Gasteiger partial charge in [-0.1, -0.05) is 42.3 Å². The van der Waals surface area contributed by atoms with Crippen LogP contribution >= 0.6 is 11.6 Å². The van der Waals surface area contributed by atoms with Crippen LogP contribution in [0.3, 0.4) is 0 Å². The maximum absolute atomic E-state index is 11.5. The van der Waals surface area contributed by atoms with Gasteiger partial charge < -0.3 is 9.47 Å². The highest BCUT2D eigenvalue weighted by atomic mass is 35.5. The lowest BCUT2D eigenvalue weighted by atomic mass is 10.1. The quantitative estimate of drug-likeness (QED) is 0.584. The second kappa shape index (κ2) is 7.32. The fourth-order valence-corrected chi connectivity index (χ4v) is 2.30. The number of carbonyl (C=O) groups is 1. The van der Waals surface area contributed by atoms with Gasteiger partial charge in [-0.25, -0.2) is 0 Å². The van der Waals surface area contributed by atoms with E-state index in [2.05, 4.69) is 6.07 Å². The zero-order valence-electron chi connectivity index (χ0n) is 13.0. The SMILES string of the molecule is CCC(=O)Oc1cccc(Cl)c1COc1ccc(C)cc1C. The minimum atomic E-state index is -0.296. The van der Waals surface area contributed by atoms with Gasteiger partial charge in [0.2, 0.25) is 0 Å². The van der Waals surface area contributed by atoms with E-state index >= 15 is 0 Å². The Balaban J connectivity index is 2.19. The number of rotatable bonds is 5. The Kier molecular flexibility index (Phi) is 5.45. The molecule has 3 nitrogen and oxygen atoms in total. The van der Waals surface area contributed by atoms with E-state index in [1.165, 1.54) is 5.56 Å². The second-order valence-corrected chi connectivity index (χ2v) is 5.51. The van der Waals surface area contributed by atoms with Crippen molar-refractivity contribution in [2.45, 2.75) is 33.8 Å². The molecule has 2 aromatic rings. The summed E-state index contributed by atoms with van der Waals surface area (Å²) in [5.41, 5.74) is 2.91. The number of ether oxygens (including phenoxy) is 2. The van der Waals surface area contributed by atoms with Crippen LogP contribution in [0.5, 0.6) is 11.5 Å². The molecule has 4 heteroatoms. The number of esters is 1. The first-order valence-electron chi connectivity index (χ1n) is 7.19. The fraction of sp³-hybridized carbons (Fsp3) is 0.278. The minimum absolute atomic E-state index is 0.246. The van der Waals surface area contributed by atoms with Gasteiger partial charge in [-0.15, -0.1) is 0 Å². The molecule has 0 bridgehead atoms. The molecule has 0 saturated heterocycles. The number of benzene rings is 2. The summed E-state index contributed by atoms with van der Waals surface area (Å²) in [5, 5.41) is 0.520. The molecule has 0 aromatic heterocycles. The fourth-order valence-electron chi connectivity index (χ4n) is 2.08. The molecule has 0 unspecified atom stereocenters. The molecule has 0 fully saturated rings. The van der Waals surface area contributed by atoms with E-state index in [1.807, 2.05) is 26.0 Å². The van der Waals surface area contributed by atoms with E-state index in [1.54, 1.807) is 25.1 Å². The molecule has 0 N–H and O–H groups in total. The van der Waals surface area contributed by atoms with Gasteiger partial charge in [0.05, 0.1) is 10.6 Å². The first kappa shape index (κ1) is 16.4. The number of halogens is 1. The van der Waals surface area contributed by atoms with Crippen LogP contribution in [-0.2, 0) is 11.4 Å². The van der Waals surface area contributed by atoms with Crippen molar-refractivity contribution in [3.63, 3.8) is 0 Å². The number of carbonyl (C=O) groups excluding carboxylic acids is 1. The highest BCUT2D eigenvalue weighted by molar-refractivity contribution is 6.31. The van der Waals surface area contributed by atoms with Crippen LogP contribution < -0.4 is 9.47 Å². The molecular weight excluding hydrogens is 300 g/mol. The number of hydrogen-bond acceptors (Lipinski definition) is 3. The van der Waals surface area contributed by atoms with E-state index in [9.17, 15) is 4.79 Å². The predicted molar refractivity (Wildman–Crippen MR) is 87.6 cm³/mol. The lowest BCUT2D eigenvalue weighted by molar-refractivity contribution is -0.134. The van der Waals surface area contributed by atoms with Gasteiger partial charge >= 0.3 is 5.97 Å². The summed E-state index contributed by atoms with van der Waals surface area (Å²) in [5.74, 6) is 0.942. The summed E-state index contributed by atoms with van der Waals surface area (Å²) >= 11 is 6.22. The highest BCUT2D eigenvalue weighted by Gasteiger charge is 2.12. The molecule has 0 aliphatic carbocycles. The van der Waals surface area contributed by atoms with Crippen molar-refractivity contribution in [3.05, 3.63) is 58.1 Å². The van der Waals surface area contributed by atoms with E-state index in [0.717, 1.165) is 11.3 Å². The first-order chi connectivity index (χ1) is 10.5. The minimum Gasteiger partial charge on any atom is -0.488 e. The summed E-state index contributed by atoms with van der Waals surface area (Å²) in [6, 6.07) is 11.2. The van der Waals surface area contributed by atoms with Gasteiger partial charge in [-0.2, -0.15) is 0 Å². The third-order valence-electron chi connectivity index (χ3n) is 3.29. The maximum atomic E-state index is 11.5. The summed E-state index contributed by atoms with van der Waals surface area (Å²) in [6.07, 6.45) is 0.309. The zero-order chi connectivity index (χ0) is 16.1. The Hall–Kier alpha value is -2.00. The zero-order valence-corrected chi connectivity index (χ0v) is 13.7. The Labute approximate surface area is 135 Å². The largest absolute Gasteiger partial charge is 0.488 e. The molecule has 0 heterocycles. The molecule has 0 spiro atoms. The summed E-state index contributed by atoms with van der Waals surface area (Å²) in [6.45, 7) is 6.02. The molecule has 2 rings (SSSR count). The molecular formula is C18H19ClO3. The summed E-state index contributed by atoms with van der Waals surface area (Å²) in [4.78, 5) is 11.5. The van der Waals surface area contributed by atoms with Gasteiger partial charge in [0.15, 0.2) is 0 Å². The average Bonchev–Trinajstić information content (AvgIpc) is 2.48. The van der Waals surface area contributed by atoms with Crippen LogP contribution in [-0.4, -0.2) is 5.97 Å². The monoisotopic (exact) mass is 318 g/mol. The maximum Gasteiger partial charge on any atom is 0.310 e. The highest BCUT2D eigenvalue weighted by Crippen LogP contribution is 2.29. The third kappa shape index (κ3) is 4.01. The van der Waals surface area contributed by atoms with Crippen LogP contribution in [0.1, 0.15) is 30.0 Å². The predicted octanol–water partition coefficient (Wildman–Crippen LogP) is 4.85. The van der Waals surface area contributed by atoms with E-state index in [4.69, 9.17) is 21.1 Å². The summed E-state index contributed by atoms with van der Waals surface area (Å²) in [7, 11) is 0. The van der Waals surface area contributed by atoms with Crippen molar-refractivity contribution in [2.24, 2.45) is 0 Å². The smallest absolute Gasteiger partial charge is 0.310 e. The molecule has 116 valence electrons. The third-order valence-corrected chi connectivity index (χ3v) is 3.64. The van der Waals surface area contributed by atoms with Crippen molar-refractivity contribution in [1.82, 2.24) is 0 Å². The second-order valence-electron chi connectivity index (χ2n) is 5.10. The Morgan fingerprint density at radius 1 is 1.14 bits per heavy atom. The number of aryl methyl sites for hydroxylation is 2. The first-order valence-corrected chi connectivity index (χ1v) is 7.57. The molecule has 0 radical (unpaired) electrons. The standard InChI is InChI=1S/C18H19ClO3/c1-4-18(20)22-17-7-5-6-15(19)14(17)11-21-16-9-8-12(2)10-13(16)3/h5-10H,4,11H2,1-3H3. The Morgan fingerprint density at radius 2 is 1.91 bits per heavy atom. The normalized spacial score (nSPS) is 10.4. The van der Waals surface area contributed by atoms with E-state index in [-0.39, 0.29) is 12.6 Å². The molecule has 2 aromatic carbocycles. The van der Waals surface area contributed by atoms with Gasteiger partial charge in [0, 0.05) is 6.42 Å². The number of hydrogen-bond donors (Lipinski definition) is 0. The van der Waals surface area contributed by atoms with Crippen molar-refractivity contribution < 1.29 is 14.3 Å². The topological polar surface area (TPSA) is 35.5 Å².